The van der Waals surface area contributed by atoms with Crippen molar-refractivity contribution in [3.63, 3.8) is 0 Å². The Morgan fingerprint density at radius 2 is 1.35 bits per heavy atom. The summed E-state index contributed by atoms with van der Waals surface area (Å²) < 4.78 is 13.5. The van der Waals surface area contributed by atoms with E-state index in [1.165, 1.54) is 0 Å². The maximum Gasteiger partial charge on any atom is 0.466 e. The van der Waals surface area contributed by atoms with Crippen LogP contribution in [0, 0.1) is 0 Å². The van der Waals surface area contributed by atoms with Crippen LogP contribution in [0.3, 0.4) is 0 Å². The smallest absolute Gasteiger partial charge is 0.394 e. The zero-order valence-electron chi connectivity index (χ0n) is 8.44. The lowest BCUT2D eigenvalue weighted by Crippen LogP contribution is -2.58. The summed E-state index contributed by atoms with van der Waals surface area (Å²) in [6, 6.07) is 0. The first-order valence-corrected chi connectivity index (χ1v) is 5.91. The van der Waals surface area contributed by atoms with E-state index in [-0.39, 0.29) is 0 Å². The van der Waals surface area contributed by atoms with Crippen LogP contribution in [0.25, 0.3) is 0 Å². The molecule has 0 radical (unpaired) electrons. The van der Waals surface area contributed by atoms with Crippen LogP contribution in [0.5, 0.6) is 0 Å². The molecule has 1 rings (SSSR count). The Morgan fingerprint density at radius 1 is 0.941 bits per heavy atom. The first-order valence-electron chi connectivity index (χ1n) is 4.34. The fourth-order valence-corrected chi connectivity index (χ4v) is 1.08. The Balaban J connectivity index is 0.000000437. The van der Waals surface area contributed by atoms with Gasteiger partial charge in [-0.3, -0.25) is 0 Å². The summed E-state index contributed by atoms with van der Waals surface area (Å²) in [7, 11) is -4.64. The normalized spacial score (nSPS) is 38.2. The van der Waals surface area contributed by atoms with Gasteiger partial charge in [0, 0.05) is 0 Å². The van der Waals surface area contributed by atoms with Crippen molar-refractivity contribution in [3.05, 3.63) is 0 Å². The standard InChI is InChI=1S/C6H12O6.H3O4P/c7-1-2-3(8)4(9)5(10)6(11)12-2;1-5(2,3)4/h2-11H,1H2;(H3,1,2,3,4)/t2-,3-,4+,5+,6?;/m1./s1. The van der Waals surface area contributed by atoms with Gasteiger partial charge in [-0.2, -0.15) is 0 Å². The maximum absolute atomic E-state index is 9.12. The molecule has 0 aliphatic carbocycles. The molecule has 104 valence electrons. The number of aliphatic hydroxyl groups excluding tert-OH is 5. The molecule has 1 aliphatic heterocycles. The fraction of sp³-hybridized carbons (Fsp3) is 1.00. The van der Waals surface area contributed by atoms with Crippen LogP contribution in [0.2, 0.25) is 0 Å². The van der Waals surface area contributed by atoms with E-state index in [9.17, 15) is 0 Å². The monoisotopic (exact) mass is 278 g/mol. The molecule has 5 atom stereocenters. The summed E-state index contributed by atoms with van der Waals surface area (Å²) in [4.78, 5) is 21.6. The largest absolute Gasteiger partial charge is 0.466 e. The van der Waals surface area contributed by atoms with Crippen molar-refractivity contribution in [3.8, 4) is 0 Å². The van der Waals surface area contributed by atoms with E-state index in [1.54, 1.807) is 0 Å². The number of hydrogen-bond donors (Lipinski definition) is 8. The zero-order chi connectivity index (χ0) is 13.8. The first kappa shape index (κ1) is 16.9. The quantitative estimate of drug-likeness (QED) is 0.218. The lowest BCUT2D eigenvalue weighted by Gasteiger charge is -2.37. The van der Waals surface area contributed by atoms with Gasteiger partial charge < -0.3 is 44.9 Å². The lowest BCUT2D eigenvalue weighted by molar-refractivity contribution is -0.286. The predicted octanol–water partition coefficient (Wildman–Crippen LogP) is -4.15. The van der Waals surface area contributed by atoms with Gasteiger partial charge in [-0.25, -0.2) is 4.57 Å². The number of phosphoric acid groups is 1. The molecule has 0 spiro atoms. The van der Waals surface area contributed by atoms with Crippen molar-refractivity contribution in [1.82, 2.24) is 0 Å². The van der Waals surface area contributed by atoms with Crippen LogP contribution in [0.4, 0.5) is 0 Å². The molecule has 1 aliphatic rings. The van der Waals surface area contributed by atoms with Crippen molar-refractivity contribution >= 4 is 7.82 Å². The minimum Gasteiger partial charge on any atom is -0.394 e. The molecule has 0 aromatic carbocycles. The second-order valence-electron chi connectivity index (χ2n) is 3.23. The Labute approximate surface area is 95.6 Å². The molecule has 1 heterocycles. The van der Waals surface area contributed by atoms with Crippen LogP contribution < -0.4 is 0 Å². The molecular weight excluding hydrogens is 263 g/mol. The Kier molecular flexibility index (Phi) is 6.66. The van der Waals surface area contributed by atoms with Crippen molar-refractivity contribution in [2.75, 3.05) is 6.61 Å². The highest BCUT2D eigenvalue weighted by Gasteiger charge is 2.42. The van der Waals surface area contributed by atoms with Gasteiger partial charge in [0.25, 0.3) is 0 Å². The van der Waals surface area contributed by atoms with Crippen molar-refractivity contribution < 1.29 is 49.5 Å². The topological polar surface area (TPSA) is 188 Å². The summed E-state index contributed by atoms with van der Waals surface area (Å²) in [6.07, 6.45) is -7.04. The molecule has 17 heavy (non-hydrogen) atoms. The second-order valence-corrected chi connectivity index (χ2v) is 4.26. The van der Waals surface area contributed by atoms with E-state index in [0.717, 1.165) is 0 Å². The highest BCUT2D eigenvalue weighted by Crippen LogP contribution is 2.25. The van der Waals surface area contributed by atoms with E-state index in [1.807, 2.05) is 0 Å². The van der Waals surface area contributed by atoms with Crippen LogP contribution in [0.1, 0.15) is 0 Å². The first-order chi connectivity index (χ1) is 7.57. The summed E-state index contributed by atoms with van der Waals surface area (Å²) >= 11 is 0. The van der Waals surface area contributed by atoms with Gasteiger partial charge in [0.1, 0.15) is 24.4 Å². The summed E-state index contributed by atoms with van der Waals surface area (Å²) in [5, 5.41) is 44.7. The van der Waals surface area contributed by atoms with Gasteiger partial charge >= 0.3 is 7.82 Å². The third-order valence-electron chi connectivity index (χ3n) is 1.87. The van der Waals surface area contributed by atoms with Gasteiger partial charge in [0.15, 0.2) is 6.29 Å². The average molecular weight is 278 g/mol. The molecule has 0 aromatic rings. The Hall–Kier alpha value is -0.130. The van der Waals surface area contributed by atoms with Crippen molar-refractivity contribution in [2.24, 2.45) is 0 Å². The molecule has 0 bridgehead atoms. The molecule has 10 nitrogen and oxygen atoms in total. The van der Waals surface area contributed by atoms with E-state index in [4.69, 9.17) is 44.8 Å². The van der Waals surface area contributed by atoms with Crippen molar-refractivity contribution in [2.45, 2.75) is 30.7 Å². The van der Waals surface area contributed by atoms with Crippen LogP contribution in [-0.4, -0.2) is 77.5 Å². The van der Waals surface area contributed by atoms with Crippen LogP contribution in [0.15, 0.2) is 0 Å². The van der Waals surface area contributed by atoms with E-state index in [2.05, 4.69) is 4.74 Å². The molecule has 1 fully saturated rings. The molecule has 1 saturated heterocycles. The lowest BCUT2D eigenvalue weighted by atomic mass is 10.00. The van der Waals surface area contributed by atoms with Crippen LogP contribution >= 0.6 is 7.82 Å². The number of ether oxygens (including phenoxy) is 1. The maximum atomic E-state index is 9.12. The Bertz CT molecular complexity index is 253. The molecule has 1 unspecified atom stereocenters. The van der Waals surface area contributed by atoms with E-state index in [0.29, 0.717) is 0 Å². The summed E-state index contributed by atoms with van der Waals surface area (Å²) in [5.41, 5.74) is 0. The molecule has 0 saturated carbocycles. The molecule has 0 amide bonds. The third-order valence-corrected chi connectivity index (χ3v) is 1.87. The van der Waals surface area contributed by atoms with Gasteiger partial charge in [-0.15, -0.1) is 0 Å². The minimum absolute atomic E-state index is 0.526. The SMILES string of the molecule is O=P(O)(O)O.OC[C@H]1OC(O)[C@@H](O)[C@@H](O)[C@@H]1O. The fourth-order valence-electron chi connectivity index (χ4n) is 1.08. The average Bonchev–Trinajstić information content (AvgIpc) is 2.18. The molecule has 8 N–H and O–H groups in total. The van der Waals surface area contributed by atoms with Gasteiger partial charge in [-0.1, -0.05) is 0 Å². The minimum atomic E-state index is -4.64. The zero-order valence-corrected chi connectivity index (χ0v) is 9.33. The Morgan fingerprint density at radius 3 is 1.71 bits per heavy atom. The van der Waals surface area contributed by atoms with Crippen LogP contribution in [-0.2, 0) is 9.30 Å². The number of rotatable bonds is 1. The number of aliphatic hydroxyl groups is 5. The molecular formula is C6H15O10P. The molecule has 0 aromatic heterocycles. The third kappa shape index (κ3) is 6.38. The summed E-state index contributed by atoms with van der Waals surface area (Å²) in [5.74, 6) is 0. The van der Waals surface area contributed by atoms with Gasteiger partial charge in [0.05, 0.1) is 6.61 Å². The van der Waals surface area contributed by atoms with Gasteiger partial charge in [-0.05, 0) is 0 Å². The van der Waals surface area contributed by atoms with E-state index < -0.39 is 45.1 Å². The number of hydrogen-bond acceptors (Lipinski definition) is 7. The second kappa shape index (κ2) is 6.71. The predicted molar refractivity (Wildman–Crippen MR) is 50.2 cm³/mol. The molecule has 11 heteroatoms. The highest BCUT2D eigenvalue weighted by atomic mass is 31.2. The summed E-state index contributed by atoms with van der Waals surface area (Å²) in [6.45, 7) is -0.526. The van der Waals surface area contributed by atoms with Gasteiger partial charge in [0.2, 0.25) is 0 Å². The van der Waals surface area contributed by atoms with Crippen molar-refractivity contribution in [1.29, 1.82) is 0 Å². The highest BCUT2D eigenvalue weighted by molar-refractivity contribution is 7.45. The van der Waals surface area contributed by atoms with E-state index >= 15 is 0 Å².